The van der Waals surface area contributed by atoms with Crippen LogP contribution in [-0.2, 0) is 0 Å². The van der Waals surface area contributed by atoms with Crippen LogP contribution < -0.4 is 0 Å². The Morgan fingerprint density at radius 3 is 3.00 bits per heavy atom. The van der Waals surface area contributed by atoms with Crippen molar-refractivity contribution in [2.45, 2.75) is 6.92 Å². The lowest BCUT2D eigenvalue weighted by Gasteiger charge is -2.27. The molecule has 0 amide bonds. The summed E-state index contributed by atoms with van der Waals surface area (Å²) in [6.07, 6.45) is 7.68. The number of aliphatic hydroxyl groups is 1. The van der Waals surface area contributed by atoms with Gasteiger partial charge in [-0.3, -0.25) is 0 Å². The molecule has 0 unspecified atom stereocenters. The normalized spacial score (nSPS) is 21.2. The maximum atomic E-state index is 9.39. The highest BCUT2D eigenvalue weighted by molar-refractivity contribution is 6.30. The third-order valence-electron chi connectivity index (χ3n) is 2.10. The lowest BCUT2D eigenvalue weighted by molar-refractivity contribution is 0.402. The van der Waals surface area contributed by atoms with E-state index in [1.807, 2.05) is 30.2 Å². The van der Waals surface area contributed by atoms with Gasteiger partial charge in [-0.05, 0) is 24.6 Å². The second-order valence-electron chi connectivity index (χ2n) is 3.19. The molecule has 0 aromatic carbocycles. The smallest absolute Gasteiger partial charge is 0.133 e. The van der Waals surface area contributed by atoms with Crippen LogP contribution in [0.1, 0.15) is 6.92 Å². The van der Waals surface area contributed by atoms with Crippen LogP contribution in [0.2, 0.25) is 0 Å². The van der Waals surface area contributed by atoms with Gasteiger partial charge in [-0.1, -0.05) is 11.6 Å². The molecule has 0 aromatic heterocycles. The van der Waals surface area contributed by atoms with Crippen LogP contribution in [0.25, 0.3) is 0 Å². The van der Waals surface area contributed by atoms with E-state index in [2.05, 4.69) is 0 Å². The van der Waals surface area contributed by atoms with E-state index in [9.17, 15) is 5.11 Å². The fraction of sp³-hybridized carbons (Fsp3) is 0.200. The van der Waals surface area contributed by atoms with E-state index < -0.39 is 0 Å². The summed E-state index contributed by atoms with van der Waals surface area (Å²) in [5, 5.41) is 9.88. The van der Waals surface area contributed by atoms with E-state index in [1.54, 1.807) is 6.08 Å². The van der Waals surface area contributed by atoms with E-state index in [1.165, 1.54) is 5.57 Å². The molecule has 0 spiro atoms. The van der Waals surface area contributed by atoms with Crippen molar-refractivity contribution < 1.29 is 5.11 Å². The monoisotopic (exact) mass is 195 g/mol. The van der Waals surface area contributed by atoms with E-state index in [-0.39, 0.29) is 5.76 Å². The molecule has 2 aliphatic heterocycles. The van der Waals surface area contributed by atoms with Crippen LogP contribution in [0.4, 0.5) is 0 Å². The first-order valence-corrected chi connectivity index (χ1v) is 4.47. The van der Waals surface area contributed by atoms with Crippen molar-refractivity contribution in [3.63, 3.8) is 0 Å². The van der Waals surface area contributed by atoms with Gasteiger partial charge in [-0.15, -0.1) is 0 Å². The Kier molecular flexibility index (Phi) is 1.93. The van der Waals surface area contributed by atoms with Crippen LogP contribution in [0.5, 0.6) is 0 Å². The summed E-state index contributed by atoms with van der Waals surface area (Å²) >= 11 is 5.81. The van der Waals surface area contributed by atoms with Crippen molar-refractivity contribution >= 4 is 11.6 Å². The van der Waals surface area contributed by atoms with Gasteiger partial charge in [0.05, 0.1) is 11.6 Å². The Balaban J connectivity index is 2.39. The minimum Gasteiger partial charge on any atom is -0.507 e. The molecular weight excluding hydrogens is 186 g/mol. The van der Waals surface area contributed by atoms with Crippen molar-refractivity contribution in [2.24, 2.45) is 0 Å². The van der Waals surface area contributed by atoms with Crippen LogP contribution >= 0.6 is 11.6 Å². The first-order valence-electron chi connectivity index (χ1n) is 4.09. The Morgan fingerprint density at radius 1 is 1.46 bits per heavy atom. The molecule has 1 N–H and O–H groups in total. The Morgan fingerprint density at radius 2 is 2.23 bits per heavy atom. The molecule has 0 aromatic rings. The van der Waals surface area contributed by atoms with Crippen LogP contribution in [0.15, 0.2) is 46.5 Å². The third kappa shape index (κ3) is 1.49. The highest BCUT2D eigenvalue weighted by Gasteiger charge is 2.17. The number of hydrogen-bond donors (Lipinski definition) is 1. The van der Waals surface area contributed by atoms with Gasteiger partial charge in [-0.2, -0.15) is 0 Å². The van der Waals surface area contributed by atoms with E-state index in [4.69, 9.17) is 11.6 Å². The summed E-state index contributed by atoms with van der Waals surface area (Å²) in [6.45, 7) is 2.57. The average Bonchev–Trinajstić information content (AvgIpc) is 2.08. The first kappa shape index (κ1) is 8.45. The molecule has 0 fully saturated rings. The summed E-state index contributed by atoms with van der Waals surface area (Å²) in [5.74, 6) is 0.173. The summed E-state index contributed by atoms with van der Waals surface area (Å²) in [5.41, 5.74) is 2.16. The predicted molar refractivity (Wildman–Crippen MR) is 53.2 cm³/mol. The largest absolute Gasteiger partial charge is 0.507 e. The Hall–Kier alpha value is -1.15. The number of rotatable bonds is 0. The van der Waals surface area contributed by atoms with E-state index in [0.29, 0.717) is 11.6 Å². The molecule has 2 aliphatic rings. The quantitative estimate of drug-likeness (QED) is 0.643. The predicted octanol–water partition coefficient (Wildman–Crippen LogP) is 2.67. The zero-order valence-corrected chi connectivity index (χ0v) is 8.04. The lowest BCUT2D eigenvalue weighted by atomic mass is 10.1. The molecule has 68 valence electrons. The van der Waals surface area contributed by atoms with Gasteiger partial charge in [-0.25, -0.2) is 0 Å². The van der Waals surface area contributed by atoms with Crippen molar-refractivity contribution in [3.8, 4) is 0 Å². The number of fused-ring (bicyclic) bond motifs is 1. The first-order chi connectivity index (χ1) is 6.16. The second-order valence-corrected chi connectivity index (χ2v) is 3.65. The van der Waals surface area contributed by atoms with Gasteiger partial charge in [0.15, 0.2) is 0 Å². The van der Waals surface area contributed by atoms with Crippen molar-refractivity contribution in [3.05, 3.63) is 46.5 Å². The van der Waals surface area contributed by atoms with Gasteiger partial charge >= 0.3 is 0 Å². The summed E-state index contributed by atoms with van der Waals surface area (Å²) < 4.78 is 0. The molecule has 2 nitrogen and oxygen atoms in total. The zero-order chi connectivity index (χ0) is 9.42. The number of aliphatic hydroxyl groups excluding tert-OH is 1. The minimum absolute atomic E-state index is 0.173. The standard InChI is InChI=1S/C10H10ClNO/c1-7-2-3-12-6-9(11)10(13)5-8(12)4-7/h2-5,13H,6H2,1H3. The molecule has 13 heavy (non-hydrogen) atoms. The summed E-state index contributed by atoms with van der Waals surface area (Å²) in [7, 11) is 0. The SMILES string of the molecule is CC1=CC2=CC(O)=C(Cl)CN2C=C1. The highest BCUT2D eigenvalue weighted by Crippen LogP contribution is 2.26. The minimum atomic E-state index is 0.173. The van der Waals surface area contributed by atoms with Crippen molar-refractivity contribution in [1.82, 2.24) is 4.90 Å². The third-order valence-corrected chi connectivity index (χ3v) is 2.41. The topological polar surface area (TPSA) is 23.5 Å². The van der Waals surface area contributed by atoms with Crippen molar-refractivity contribution in [1.29, 1.82) is 0 Å². The molecular formula is C10H10ClNO. The lowest BCUT2D eigenvalue weighted by Crippen LogP contribution is -2.23. The van der Waals surface area contributed by atoms with Crippen LogP contribution in [-0.4, -0.2) is 16.6 Å². The van der Waals surface area contributed by atoms with Gasteiger partial charge in [0.25, 0.3) is 0 Å². The molecule has 0 saturated carbocycles. The number of halogens is 1. The average molecular weight is 196 g/mol. The molecule has 0 saturated heterocycles. The molecule has 0 bridgehead atoms. The molecule has 3 heteroatoms. The van der Waals surface area contributed by atoms with Crippen LogP contribution in [0.3, 0.4) is 0 Å². The Bertz CT molecular complexity index is 363. The van der Waals surface area contributed by atoms with Gasteiger partial charge < -0.3 is 10.0 Å². The summed E-state index contributed by atoms with van der Waals surface area (Å²) in [4.78, 5) is 2.00. The molecule has 2 heterocycles. The molecule has 0 atom stereocenters. The second kappa shape index (κ2) is 2.96. The fourth-order valence-electron chi connectivity index (χ4n) is 1.38. The van der Waals surface area contributed by atoms with Crippen molar-refractivity contribution in [2.75, 3.05) is 6.54 Å². The van der Waals surface area contributed by atoms with E-state index in [0.717, 1.165) is 5.70 Å². The fourth-order valence-corrected chi connectivity index (χ4v) is 1.56. The van der Waals surface area contributed by atoms with E-state index >= 15 is 0 Å². The number of allylic oxidation sites excluding steroid dienone is 4. The molecule has 0 radical (unpaired) electrons. The molecule has 0 aliphatic carbocycles. The number of hydrogen-bond acceptors (Lipinski definition) is 2. The van der Waals surface area contributed by atoms with Gasteiger partial charge in [0.1, 0.15) is 5.76 Å². The number of nitrogens with zero attached hydrogens (tertiary/aromatic N) is 1. The highest BCUT2D eigenvalue weighted by atomic mass is 35.5. The van der Waals surface area contributed by atoms with Gasteiger partial charge in [0.2, 0.25) is 0 Å². The summed E-state index contributed by atoms with van der Waals surface area (Å²) in [6, 6.07) is 0. The van der Waals surface area contributed by atoms with Crippen LogP contribution in [0, 0.1) is 0 Å². The maximum Gasteiger partial charge on any atom is 0.133 e. The maximum absolute atomic E-state index is 9.39. The molecule has 2 rings (SSSR count). The Labute approximate surface area is 82.1 Å². The van der Waals surface area contributed by atoms with Gasteiger partial charge in [0, 0.05) is 18.0 Å². The zero-order valence-electron chi connectivity index (χ0n) is 7.29.